The number of pyridine rings is 1. The molecule has 3 heteroatoms. The molecule has 1 aromatic heterocycles. The summed E-state index contributed by atoms with van der Waals surface area (Å²) >= 11 is 5.49. The number of hydrogen-bond acceptors (Lipinski definition) is 1. The Hall–Kier alpha value is -0.760. The fourth-order valence-electron chi connectivity index (χ4n) is 0.714. The first kappa shape index (κ1) is 7.35. The quantitative estimate of drug-likeness (QED) is 0.345. The van der Waals surface area contributed by atoms with Crippen LogP contribution in [0.2, 0.25) is 5.15 Å². The summed E-state index contributed by atoms with van der Waals surface area (Å²) in [7, 11) is 0. The largest absolute Gasteiger partial charge is 0.618 e. The molecule has 0 saturated heterocycles. The van der Waals surface area contributed by atoms with Gasteiger partial charge in [-0.05, 0) is 24.1 Å². The highest BCUT2D eigenvalue weighted by atomic mass is 35.5. The van der Waals surface area contributed by atoms with Gasteiger partial charge in [-0.15, -0.1) is 0 Å². The predicted molar refractivity (Wildman–Crippen MR) is 39.8 cm³/mol. The molecule has 0 unspecified atom stereocenters. The molecule has 0 bridgehead atoms. The molecule has 1 heterocycles. The third-order valence-corrected chi connectivity index (χ3v) is 1.63. The van der Waals surface area contributed by atoms with Crippen molar-refractivity contribution in [2.24, 2.45) is 0 Å². The monoisotopic (exact) mass is 157 g/mol. The number of nitrogens with zero attached hydrogens (tertiary/aromatic N) is 1. The fraction of sp³-hybridized carbons (Fsp3) is 0.286. The summed E-state index contributed by atoms with van der Waals surface area (Å²) in [5, 5.41) is 11.0. The van der Waals surface area contributed by atoms with E-state index in [0.29, 0.717) is 4.73 Å². The van der Waals surface area contributed by atoms with Crippen molar-refractivity contribution in [3.63, 3.8) is 0 Å². The zero-order valence-corrected chi connectivity index (χ0v) is 6.43. The van der Waals surface area contributed by atoms with Crippen LogP contribution in [-0.2, 0) is 6.42 Å². The first-order valence-electron chi connectivity index (χ1n) is 3.11. The second-order valence-electron chi connectivity index (χ2n) is 2.04. The second-order valence-corrected chi connectivity index (χ2v) is 2.43. The number of halogens is 1. The van der Waals surface area contributed by atoms with E-state index in [2.05, 4.69) is 0 Å². The Balaban J connectivity index is 3.04. The SMILES string of the molecule is CCc1ccc(Cl)[n+]([O-])c1. The normalized spacial score (nSPS) is 9.80. The molecular formula is C7H8ClNO. The molecule has 0 radical (unpaired) electrons. The molecule has 0 aromatic carbocycles. The van der Waals surface area contributed by atoms with Crippen LogP contribution in [0.25, 0.3) is 0 Å². The number of aromatic nitrogens is 1. The minimum absolute atomic E-state index is 0.220. The van der Waals surface area contributed by atoms with Crippen LogP contribution in [0.3, 0.4) is 0 Å². The molecule has 1 aromatic rings. The van der Waals surface area contributed by atoms with Crippen molar-refractivity contribution in [1.82, 2.24) is 0 Å². The van der Waals surface area contributed by atoms with Crippen LogP contribution in [-0.4, -0.2) is 0 Å². The van der Waals surface area contributed by atoms with E-state index in [-0.39, 0.29) is 5.15 Å². The molecule has 0 aliphatic carbocycles. The molecule has 0 aliphatic heterocycles. The molecule has 0 aliphatic rings. The van der Waals surface area contributed by atoms with Crippen molar-refractivity contribution < 1.29 is 4.73 Å². The highest BCUT2D eigenvalue weighted by Gasteiger charge is 1.99. The minimum Gasteiger partial charge on any atom is -0.618 e. The molecule has 2 nitrogen and oxygen atoms in total. The third kappa shape index (κ3) is 1.39. The minimum atomic E-state index is 0.220. The van der Waals surface area contributed by atoms with Gasteiger partial charge < -0.3 is 5.21 Å². The van der Waals surface area contributed by atoms with E-state index in [1.165, 1.54) is 6.20 Å². The van der Waals surface area contributed by atoms with Crippen molar-refractivity contribution in [3.8, 4) is 0 Å². The van der Waals surface area contributed by atoms with Crippen LogP contribution < -0.4 is 4.73 Å². The van der Waals surface area contributed by atoms with Crippen molar-refractivity contribution in [2.45, 2.75) is 13.3 Å². The maximum atomic E-state index is 10.8. The number of aryl methyl sites for hydroxylation is 1. The van der Waals surface area contributed by atoms with E-state index in [0.717, 1.165) is 12.0 Å². The van der Waals surface area contributed by atoms with Gasteiger partial charge in [0.1, 0.15) is 0 Å². The van der Waals surface area contributed by atoms with Gasteiger partial charge in [-0.1, -0.05) is 6.92 Å². The van der Waals surface area contributed by atoms with Crippen LogP contribution in [0.1, 0.15) is 12.5 Å². The Morgan fingerprint density at radius 3 is 2.80 bits per heavy atom. The van der Waals surface area contributed by atoms with Crippen LogP contribution in [0.4, 0.5) is 0 Å². The molecule has 54 valence electrons. The van der Waals surface area contributed by atoms with Crippen molar-refractivity contribution in [2.75, 3.05) is 0 Å². The summed E-state index contributed by atoms with van der Waals surface area (Å²) < 4.78 is 0.667. The Labute approximate surface area is 64.6 Å². The average Bonchev–Trinajstić information content (AvgIpc) is 1.95. The van der Waals surface area contributed by atoms with Gasteiger partial charge in [0.05, 0.1) is 0 Å². The lowest BCUT2D eigenvalue weighted by Gasteiger charge is -1.98. The van der Waals surface area contributed by atoms with E-state index in [9.17, 15) is 5.21 Å². The van der Waals surface area contributed by atoms with Crippen molar-refractivity contribution >= 4 is 11.6 Å². The number of hydrogen-bond donors (Lipinski definition) is 0. The summed E-state index contributed by atoms with van der Waals surface area (Å²) in [5.41, 5.74) is 0.999. The standard InChI is InChI=1S/C7H8ClNO/c1-2-6-3-4-7(8)9(10)5-6/h3-5H,2H2,1H3. The maximum absolute atomic E-state index is 10.8. The van der Waals surface area contributed by atoms with Gasteiger partial charge >= 0.3 is 0 Å². The summed E-state index contributed by atoms with van der Waals surface area (Å²) in [6, 6.07) is 3.45. The average molecular weight is 158 g/mol. The highest BCUT2D eigenvalue weighted by molar-refractivity contribution is 6.28. The molecule has 0 amide bonds. The molecule has 10 heavy (non-hydrogen) atoms. The molecule has 0 N–H and O–H groups in total. The van der Waals surface area contributed by atoms with Gasteiger partial charge in [0, 0.05) is 11.6 Å². The first-order chi connectivity index (χ1) is 4.74. The Kier molecular flexibility index (Phi) is 2.12. The van der Waals surface area contributed by atoms with Gasteiger partial charge in [-0.3, -0.25) is 0 Å². The van der Waals surface area contributed by atoms with Gasteiger partial charge in [0.25, 0.3) is 5.15 Å². The molecule has 0 atom stereocenters. The second kappa shape index (κ2) is 2.88. The summed E-state index contributed by atoms with van der Waals surface area (Å²) in [4.78, 5) is 0. The van der Waals surface area contributed by atoms with Gasteiger partial charge in [0.15, 0.2) is 6.20 Å². The molecule has 0 fully saturated rings. The van der Waals surface area contributed by atoms with Gasteiger partial charge in [-0.25, -0.2) is 0 Å². The summed E-state index contributed by atoms with van der Waals surface area (Å²) in [6.45, 7) is 1.99. The lowest BCUT2D eigenvalue weighted by Crippen LogP contribution is -2.27. The predicted octanol–water partition coefficient (Wildman–Crippen LogP) is 1.54. The van der Waals surface area contributed by atoms with Crippen molar-refractivity contribution in [1.29, 1.82) is 0 Å². The zero-order valence-electron chi connectivity index (χ0n) is 5.67. The van der Waals surface area contributed by atoms with E-state index < -0.39 is 0 Å². The lowest BCUT2D eigenvalue weighted by atomic mass is 10.2. The van der Waals surface area contributed by atoms with Gasteiger partial charge in [0.2, 0.25) is 0 Å². The molecular weight excluding hydrogens is 150 g/mol. The zero-order chi connectivity index (χ0) is 7.56. The summed E-state index contributed by atoms with van der Waals surface area (Å²) in [6.07, 6.45) is 2.35. The molecule has 0 spiro atoms. The molecule has 1 rings (SSSR count). The smallest absolute Gasteiger partial charge is 0.286 e. The van der Waals surface area contributed by atoms with E-state index in [4.69, 9.17) is 11.6 Å². The van der Waals surface area contributed by atoms with Gasteiger partial charge in [-0.2, -0.15) is 4.73 Å². The maximum Gasteiger partial charge on any atom is 0.286 e. The number of rotatable bonds is 1. The van der Waals surface area contributed by atoms with E-state index in [1.54, 1.807) is 6.07 Å². The Morgan fingerprint density at radius 1 is 1.60 bits per heavy atom. The Morgan fingerprint density at radius 2 is 2.30 bits per heavy atom. The van der Waals surface area contributed by atoms with Crippen LogP contribution >= 0.6 is 11.6 Å². The summed E-state index contributed by atoms with van der Waals surface area (Å²) in [5.74, 6) is 0. The molecule has 0 saturated carbocycles. The highest BCUT2D eigenvalue weighted by Crippen LogP contribution is 2.02. The Bertz CT molecular complexity index is 237. The van der Waals surface area contributed by atoms with E-state index in [1.807, 2.05) is 13.0 Å². The fourth-order valence-corrected chi connectivity index (χ4v) is 0.825. The third-order valence-electron chi connectivity index (χ3n) is 1.34. The van der Waals surface area contributed by atoms with Crippen LogP contribution in [0.15, 0.2) is 18.3 Å². The first-order valence-corrected chi connectivity index (χ1v) is 3.49. The lowest BCUT2D eigenvalue weighted by molar-refractivity contribution is -0.603. The van der Waals surface area contributed by atoms with Crippen LogP contribution in [0, 0.1) is 5.21 Å². The van der Waals surface area contributed by atoms with Crippen LogP contribution in [0.5, 0.6) is 0 Å². The topological polar surface area (TPSA) is 26.9 Å². The van der Waals surface area contributed by atoms with E-state index >= 15 is 0 Å². The van der Waals surface area contributed by atoms with Crippen molar-refractivity contribution in [3.05, 3.63) is 34.3 Å².